The van der Waals surface area contributed by atoms with Gasteiger partial charge >= 0.3 is 0 Å². The quantitative estimate of drug-likeness (QED) is 0.709. The number of hydrogen-bond acceptors (Lipinski definition) is 5. The molecular formula is C15H17NO5S. The van der Waals surface area contributed by atoms with Gasteiger partial charge in [0, 0.05) is 0 Å². The normalized spacial score (nSPS) is 11.6. The van der Waals surface area contributed by atoms with Gasteiger partial charge in [0.1, 0.15) is 11.5 Å². The fourth-order valence-electron chi connectivity index (χ4n) is 1.73. The van der Waals surface area contributed by atoms with Crippen LogP contribution in [0.15, 0.2) is 59.5 Å². The van der Waals surface area contributed by atoms with E-state index in [1.54, 1.807) is 12.1 Å². The molecule has 2 rings (SSSR count). The predicted molar refractivity (Wildman–Crippen MR) is 81.2 cm³/mol. The van der Waals surface area contributed by atoms with Crippen molar-refractivity contribution in [1.82, 2.24) is 4.72 Å². The molecule has 0 heterocycles. The van der Waals surface area contributed by atoms with Gasteiger partial charge in [0.2, 0.25) is 10.0 Å². The Hall–Kier alpha value is -1.93. The molecule has 0 fully saturated rings. The molecule has 0 spiro atoms. The molecule has 0 aromatic heterocycles. The highest BCUT2D eigenvalue weighted by Gasteiger charge is 2.19. The van der Waals surface area contributed by atoms with E-state index >= 15 is 0 Å². The first-order chi connectivity index (χ1) is 10.5. The van der Waals surface area contributed by atoms with Crippen molar-refractivity contribution in [2.75, 3.05) is 13.2 Å². The average Bonchev–Trinajstić information content (AvgIpc) is 2.54. The van der Waals surface area contributed by atoms with Crippen LogP contribution in [0.2, 0.25) is 0 Å². The largest absolute Gasteiger partial charge is 0.457 e. The maximum atomic E-state index is 12.1. The Morgan fingerprint density at radius 3 is 2.00 bits per heavy atom. The van der Waals surface area contributed by atoms with Crippen LogP contribution in [0.4, 0.5) is 0 Å². The van der Waals surface area contributed by atoms with E-state index in [9.17, 15) is 8.42 Å². The van der Waals surface area contributed by atoms with E-state index in [0.29, 0.717) is 11.5 Å². The van der Waals surface area contributed by atoms with Gasteiger partial charge < -0.3 is 14.9 Å². The Bertz CT molecular complexity index is 682. The van der Waals surface area contributed by atoms with E-state index in [4.69, 9.17) is 14.9 Å². The van der Waals surface area contributed by atoms with E-state index in [1.807, 2.05) is 18.2 Å². The summed E-state index contributed by atoms with van der Waals surface area (Å²) in [6, 6.07) is 14.1. The summed E-state index contributed by atoms with van der Waals surface area (Å²) >= 11 is 0. The van der Waals surface area contributed by atoms with Crippen LogP contribution < -0.4 is 9.46 Å². The molecule has 22 heavy (non-hydrogen) atoms. The fraction of sp³-hybridized carbons (Fsp3) is 0.200. The second-order valence-electron chi connectivity index (χ2n) is 4.57. The van der Waals surface area contributed by atoms with Crippen molar-refractivity contribution in [1.29, 1.82) is 0 Å². The molecule has 0 radical (unpaired) electrons. The maximum absolute atomic E-state index is 12.1. The molecule has 3 N–H and O–H groups in total. The monoisotopic (exact) mass is 323 g/mol. The summed E-state index contributed by atoms with van der Waals surface area (Å²) in [6.45, 7) is -0.962. The standard InChI is InChI=1S/C15H17NO5S/c17-10-12(11-18)16-22(19,20)15-8-6-14(7-9-15)21-13-4-2-1-3-5-13/h1-9,12,16-18H,10-11H2. The minimum atomic E-state index is -3.80. The van der Waals surface area contributed by atoms with Gasteiger partial charge in [-0.25, -0.2) is 13.1 Å². The van der Waals surface area contributed by atoms with Crippen molar-refractivity contribution >= 4 is 10.0 Å². The average molecular weight is 323 g/mol. The second-order valence-corrected chi connectivity index (χ2v) is 6.28. The zero-order valence-corrected chi connectivity index (χ0v) is 12.5. The smallest absolute Gasteiger partial charge is 0.240 e. The number of aliphatic hydroxyl groups is 2. The highest BCUT2D eigenvalue weighted by molar-refractivity contribution is 7.89. The number of aliphatic hydroxyl groups excluding tert-OH is 2. The van der Waals surface area contributed by atoms with Crippen LogP contribution >= 0.6 is 0 Å². The van der Waals surface area contributed by atoms with Crippen LogP contribution in [0.5, 0.6) is 11.5 Å². The van der Waals surface area contributed by atoms with Gasteiger partial charge in [-0.3, -0.25) is 0 Å². The van der Waals surface area contributed by atoms with Gasteiger partial charge in [0.25, 0.3) is 0 Å². The summed E-state index contributed by atoms with van der Waals surface area (Å²) in [4.78, 5) is 0.0276. The molecule has 7 heteroatoms. The molecule has 2 aromatic carbocycles. The van der Waals surface area contributed by atoms with Gasteiger partial charge in [-0.05, 0) is 36.4 Å². The zero-order valence-electron chi connectivity index (χ0n) is 11.7. The van der Waals surface area contributed by atoms with E-state index in [1.165, 1.54) is 24.3 Å². The third kappa shape index (κ3) is 4.28. The Balaban J connectivity index is 2.11. The molecule has 0 aliphatic rings. The highest BCUT2D eigenvalue weighted by Crippen LogP contribution is 2.22. The molecule has 0 amide bonds. The third-order valence-electron chi connectivity index (χ3n) is 2.88. The maximum Gasteiger partial charge on any atom is 0.240 e. The minimum Gasteiger partial charge on any atom is -0.457 e. The topological polar surface area (TPSA) is 95.9 Å². The summed E-state index contributed by atoms with van der Waals surface area (Å²) in [5.74, 6) is 1.16. The number of ether oxygens (including phenoxy) is 1. The zero-order chi connectivity index (χ0) is 16.0. The van der Waals surface area contributed by atoms with Crippen LogP contribution in [-0.2, 0) is 10.0 Å². The fourth-order valence-corrected chi connectivity index (χ4v) is 2.95. The highest BCUT2D eigenvalue weighted by atomic mass is 32.2. The number of rotatable bonds is 7. The molecule has 2 aromatic rings. The molecule has 0 unspecified atom stereocenters. The molecule has 0 saturated carbocycles. The van der Waals surface area contributed by atoms with Crippen LogP contribution in [0.3, 0.4) is 0 Å². The summed E-state index contributed by atoms with van der Waals surface area (Å²) in [6.07, 6.45) is 0. The predicted octanol–water partition coefficient (Wildman–Crippen LogP) is 1.11. The molecule has 0 bridgehead atoms. The van der Waals surface area contributed by atoms with Crippen LogP contribution in [0.1, 0.15) is 0 Å². The van der Waals surface area contributed by atoms with Crippen LogP contribution in [-0.4, -0.2) is 37.9 Å². The van der Waals surface area contributed by atoms with Gasteiger partial charge in [0.15, 0.2) is 0 Å². The lowest BCUT2D eigenvalue weighted by Gasteiger charge is -2.14. The summed E-state index contributed by atoms with van der Waals surface area (Å²) in [5, 5.41) is 17.9. The van der Waals surface area contributed by atoms with E-state index in [0.717, 1.165) is 0 Å². The molecule has 118 valence electrons. The molecule has 0 saturated heterocycles. The molecule has 0 aliphatic heterocycles. The van der Waals surface area contributed by atoms with Gasteiger partial charge in [-0.2, -0.15) is 0 Å². The molecule has 6 nitrogen and oxygen atoms in total. The first-order valence-corrected chi connectivity index (χ1v) is 8.10. The van der Waals surface area contributed by atoms with Crippen LogP contribution in [0, 0.1) is 0 Å². The third-order valence-corrected chi connectivity index (χ3v) is 4.41. The first kappa shape index (κ1) is 16.4. The second kappa shape index (κ2) is 7.37. The van der Waals surface area contributed by atoms with Crippen molar-refractivity contribution in [2.45, 2.75) is 10.9 Å². The van der Waals surface area contributed by atoms with Crippen molar-refractivity contribution in [3.63, 3.8) is 0 Å². The SMILES string of the molecule is O=S(=O)(NC(CO)CO)c1ccc(Oc2ccccc2)cc1. The van der Waals surface area contributed by atoms with Crippen LogP contribution in [0.25, 0.3) is 0 Å². The summed E-state index contributed by atoms with van der Waals surface area (Å²) in [5.41, 5.74) is 0. The Labute approximate surface area is 129 Å². The molecule has 0 aliphatic carbocycles. The van der Waals surface area contributed by atoms with Gasteiger partial charge in [-0.1, -0.05) is 18.2 Å². The first-order valence-electron chi connectivity index (χ1n) is 6.62. The van der Waals surface area contributed by atoms with Gasteiger partial charge in [0.05, 0.1) is 24.2 Å². The summed E-state index contributed by atoms with van der Waals surface area (Å²) in [7, 11) is -3.80. The van der Waals surface area contributed by atoms with Crippen molar-refractivity contribution in [2.24, 2.45) is 0 Å². The molecule has 0 atom stereocenters. The van der Waals surface area contributed by atoms with E-state index in [-0.39, 0.29) is 4.90 Å². The lowest BCUT2D eigenvalue weighted by molar-refractivity contribution is 0.185. The summed E-state index contributed by atoms with van der Waals surface area (Å²) < 4.78 is 31.9. The lowest BCUT2D eigenvalue weighted by atomic mass is 10.3. The lowest BCUT2D eigenvalue weighted by Crippen LogP contribution is -2.39. The molecular weight excluding hydrogens is 306 g/mol. The van der Waals surface area contributed by atoms with Crippen molar-refractivity contribution in [3.05, 3.63) is 54.6 Å². The van der Waals surface area contributed by atoms with E-state index in [2.05, 4.69) is 4.72 Å². The minimum absolute atomic E-state index is 0.0276. The van der Waals surface area contributed by atoms with Gasteiger partial charge in [-0.15, -0.1) is 0 Å². The number of sulfonamides is 1. The Kier molecular flexibility index (Phi) is 5.51. The number of hydrogen-bond donors (Lipinski definition) is 3. The number of nitrogens with one attached hydrogen (secondary N) is 1. The number of benzene rings is 2. The van der Waals surface area contributed by atoms with E-state index < -0.39 is 29.3 Å². The van der Waals surface area contributed by atoms with Crippen molar-refractivity contribution < 1.29 is 23.4 Å². The Morgan fingerprint density at radius 1 is 0.909 bits per heavy atom. The number of para-hydroxylation sites is 1. The van der Waals surface area contributed by atoms with Crippen molar-refractivity contribution in [3.8, 4) is 11.5 Å². The Morgan fingerprint density at radius 2 is 1.45 bits per heavy atom.